The lowest BCUT2D eigenvalue weighted by atomic mass is 10.0. The summed E-state index contributed by atoms with van der Waals surface area (Å²) < 4.78 is 5.43. The number of benzene rings is 2. The van der Waals surface area contributed by atoms with Crippen LogP contribution in [0.3, 0.4) is 0 Å². The number of ether oxygens (including phenoxy) is 1. The molecule has 9 heteroatoms. The average molecular weight is 482 g/mol. The van der Waals surface area contributed by atoms with Crippen LogP contribution in [-0.4, -0.2) is 60.4 Å². The first kappa shape index (κ1) is 23.1. The van der Waals surface area contributed by atoms with Gasteiger partial charge >= 0.3 is 0 Å². The second kappa shape index (κ2) is 9.50. The molecule has 2 aliphatic rings. The van der Waals surface area contributed by atoms with Crippen LogP contribution in [0.1, 0.15) is 43.6 Å². The molecule has 0 aliphatic carbocycles. The van der Waals surface area contributed by atoms with Gasteiger partial charge in [-0.1, -0.05) is 0 Å². The Kier molecular flexibility index (Phi) is 6.09. The average Bonchev–Trinajstić information content (AvgIpc) is 3.18. The van der Waals surface area contributed by atoms with Crippen LogP contribution in [0, 0.1) is 11.3 Å². The number of anilines is 2. The van der Waals surface area contributed by atoms with E-state index in [0.717, 1.165) is 4.90 Å². The molecule has 2 aliphatic heterocycles. The number of carbonyl (C=O) groups is 3. The predicted octanol–water partition coefficient (Wildman–Crippen LogP) is 3.11. The fraction of sp³-hybridized carbons (Fsp3) is 0.222. The molecule has 36 heavy (non-hydrogen) atoms. The summed E-state index contributed by atoms with van der Waals surface area (Å²) in [6.07, 6.45) is 1.65. The number of nitriles is 1. The van der Waals surface area contributed by atoms with Gasteiger partial charge in [0.25, 0.3) is 17.7 Å². The summed E-state index contributed by atoms with van der Waals surface area (Å²) in [6.45, 7) is 4.35. The molecule has 1 saturated heterocycles. The van der Waals surface area contributed by atoms with Gasteiger partial charge in [0.2, 0.25) is 0 Å². The van der Waals surface area contributed by atoms with Crippen molar-refractivity contribution in [1.82, 2.24) is 9.88 Å². The largest absolute Gasteiger partial charge is 0.494 e. The molecule has 3 heterocycles. The molecule has 1 fully saturated rings. The zero-order valence-electron chi connectivity index (χ0n) is 19.7. The Bertz CT molecular complexity index is 1390. The molecule has 0 radical (unpaired) electrons. The lowest BCUT2D eigenvalue weighted by Gasteiger charge is -2.35. The Morgan fingerprint density at radius 1 is 1.00 bits per heavy atom. The highest BCUT2D eigenvalue weighted by Gasteiger charge is 2.37. The maximum Gasteiger partial charge on any atom is 0.266 e. The molecule has 5 rings (SSSR count). The highest BCUT2D eigenvalue weighted by molar-refractivity contribution is 6.34. The van der Waals surface area contributed by atoms with Crippen LogP contribution >= 0.6 is 0 Å². The normalized spacial score (nSPS) is 15.1. The fourth-order valence-corrected chi connectivity index (χ4v) is 4.51. The first-order chi connectivity index (χ1) is 17.5. The van der Waals surface area contributed by atoms with Crippen molar-refractivity contribution < 1.29 is 19.1 Å². The molecule has 0 N–H and O–H groups in total. The van der Waals surface area contributed by atoms with E-state index in [1.54, 1.807) is 59.6 Å². The number of hydrogen-bond acceptors (Lipinski definition) is 7. The van der Waals surface area contributed by atoms with E-state index in [1.165, 1.54) is 6.07 Å². The van der Waals surface area contributed by atoms with Crippen LogP contribution in [0.25, 0.3) is 0 Å². The van der Waals surface area contributed by atoms with Crippen LogP contribution in [0.15, 0.2) is 60.8 Å². The highest BCUT2D eigenvalue weighted by Crippen LogP contribution is 2.30. The molecule has 0 bridgehead atoms. The maximum atomic E-state index is 13.2. The number of nitrogens with zero attached hydrogens (tertiary/aromatic N) is 5. The van der Waals surface area contributed by atoms with E-state index in [4.69, 9.17) is 4.74 Å². The molecule has 2 aromatic carbocycles. The van der Waals surface area contributed by atoms with Gasteiger partial charge in [-0.15, -0.1) is 0 Å². The van der Waals surface area contributed by atoms with Crippen molar-refractivity contribution in [3.8, 4) is 11.8 Å². The Hall–Kier alpha value is -4.71. The summed E-state index contributed by atoms with van der Waals surface area (Å²) in [4.78, 5) is 48.5. The van der Waals surface area contributed by atoms with Gasteiger partial charge in [-0.3, -0.25) is 14.4 Å². The monoisotopic (exact) mass is 481 g/mol. The van der Waals surface area contributed by atoms with Gasteiger partial charge in [0.15, 0.2) is 0 Å². The predicted molar refractivity (Wildman–Crippen MR) is 132 cm³/mol. The molecule has 3 amide bonds. The molecule has 1 aromatic heterocycles. The number of amides is 3. The Morgan fingerprint density at radius 2 is 1.72 bits per heavy atom. The van der Waals surface area contributed by atoms with Gasteiger partial charge in [0.05, 0.1) is 29.0 Å². The van der Waals surface area contributed by atoms with Crippen LogP contribution < -0.4 is 14.5 Å². The molecular formula is C27H23N5O4. The minimum atomic E-state index is -0.460. The topological polar surface area (TPSA) is 107 Å². The van der Waals surface area contributed by atoms with Gasteiger partial charge in [-0.2, -0.15) is 5.26 Å². The molecule has 0 spiro atoms. The van der Waals surface area contributed by atoms with E-state index in [0.29, 0.717) is 61.2 Å². The highest BCUT2D eigenvalue weighted by atomic mass is 16.5. The number of rotatable bonds is 5. The summed E-state index contributed by atoms with van der Waals surface area (Å²) in [6, 6.07) is 17.0. The van der Waals surface area contributed by atoms with Gasteiger partial charge in [-0.05, 0) is 61.5 Å². The van der Waals surface area contributed by atoms with E-state index in [9.17, 15) is 19.6 Å². The fourth-order valence-electron chi connectivity index (χ4n) is 4.51. The SMILES string of the molecule is CCOc1ccc(N2C(=O)c3ccc(C(=O)N4CCN(c5ncccc5C#N)CC4)cc3C2=O)cc1. The molecule has 0 atom stereocenters. The molecule has 9 nitrogen and oxygen atoms in total. The molecular weight excluding hydrogens is 458 g/mol. The second-order valence-corrected chi connectivity index (χ2v) is 8.40. The summed E-state index contributed by atoms with van der Waals surface area (Å²) in [7, 11) is 0. The van der Waals surface area contributed by atoms with E-state index < -0.39 is 11.8 Å². The van der Waals surface area contributed by atoms with Crippen molar-refractivity contribution in [2.24, 2.45) is 0 Å². The van der Waals surface area contributed by atoms with Crippen molar-refractivity contribution in [2.75, 3.05) is 42.6 Å². The number of hydrogen-bond donors (Lipinski definition) is 0. The van der Waals surface area contributed by atoms with Crippen LogP contribution in [0.4, 0.5) is 11.5 Å². The van der Waals surface area contributed by atoms with Gasteiger partial charge in [0.1, 0.15) is 17.6 Å². The summed E-state index contributed by atoms with van der Waals surface area (Å²) in [5.41, 5.74) is 1.78. The number of piperazine rings is 1. The smallest absolute Gasteiger partial charge is 0.266 e. The minimum Gasteiger partial charge on any atom is -0.494 e. The maximum absolute atomic E-state index is 13.2. The van der Waals surface area contributed by atoms with Crippen LogP contribution in [-0.2, 0) is 0 Å². The van der Waals surface area contributed by atoms with Gasteiger partial charge in [-0.25, -0.2) is 9.88 Å². The van der Waals surface area contributed by atoms with Crippen molar-refractivity contribution >= 4 is 29.2 Å². The van der Waals surface area contributed by atoms with E-state index in [2.05, 4.69) is 11.1 Å². The minimum absolute atomic E-state index is 0.209. The number of pyridine rings is 1. The molecule has 0 unspecified atom stereocenters. The van der Waals surface area contributed by atoms with E-state index in [-0.39, 0.29) is 17.0 Å². The van der Waals surface area contributed by atoms with Crippen molar-refractivity contribution in [3.63, 3.8) is 0 Å². The summed E-state index contributed by atoms with van der Waals surface area (Å²) in [5, 5.41) is 9.34. The number of carbonyl (C=O) groups excluding carboxylic acids is 3. The molecule has 0 saturated carbocycles. The van der Waals surface area contributed by atoms with E-state index in [1.807, 2.05) is 11.8 Å². The number of imide groups is 1. The summed E-state index contributed by atoms with van der Waals surface area (Å²) in [5.74, 6) is 0.174. The van der Waals surface area contributed by atoms with Gasteiger partial charge < -0.3 is 14.5 Å². The third kappa shape index (κ3) is 4.03. The van der Waals surface area contributed by atoms with Crippen LogP contribution in [0.5, 0.6) is 5.75 Å². The van der Waals surface area contributed by atoms with Crippen LogP contribution in [0.2, 0.25) is 0 Å². The van der Waals surface area contributed by atoms with Crippen molar-refractivity contribution in [2.45, 2.75) is 6.92 Å². The van der Waals surface area contributed by atoms with Gasteiger partial charge in [0, 0.05) is 37.9 Å². The Morgan fingerprint density at radius 3 is 2.42 bits per heavy atom. The lowest BCUT2D eigenvalue weighted by Crippen LogP contribution is -2.49. The zero-order chi connectivity index (χ0) is 25.2. The third-order valence-electron chi connectivity index (χ3n) is 6.31. The first-order valence-electron chi connectivity index (χ1n) is 11.7. The number of fused-ring (bicyclic) bond motifs is 1. The van der Waals surface area contributed by atoms with Crippen molar-refractivity contribution in [1.29, 1.82) is 5.26 Å². The quantitative estimate of drug-likeness (QED) is 0.516. The first-order valence-corrected chi connectivity index (χ1v) is 11.7. The standard InChI is InChI=1S/C27H23N5O4/c1-2-36-21-8-6-20(7-9-21)32-26(34)22-10-5-18(16-23(22)27(32)35)25(33)31-14-12-30(13-15-31)24-19(17-28)4-3-11-29-24/h3-11,16H,2,12-15H2,1H3. The summed E-state index contributed by atoms with van der Waals surface area (Å²) >= 11 is 0. The Labute approximate surface area is 208 Å². The number of aromatic nitrogens is 1. The zero-order valence-corrected chi connectivity index (χ0v) is 19.7. The van der Waals surface area contributed by atoms with Crippen molar-refractivity contribution in [3.05, 3.63) is 83.0 Å². The Balaban J connectivity index is 1.31. The molecule has 180 valence electrons. The third-order valence-corrected chi connectivity index (χ3v) is 6.31. The molecule has 3 aromatic rings. The second-order valence-electron chi connectivity index (χ2n) is 8.40. The lowest BCUT2D eigenvalue weighted by molar-refractivity contribution is 0.0746. The van der Waals surface area contributed by atoms with E-state index >= 15 is 0 Å².